The van der Waals surface area contributed by atoms with Crippen molar-refractivity contribution in [1.82, 2.24) is 16.0 Å². The first-order valence-electron chi connectivity index (χ1n) is 15.6. The molecule has 3 N–H and O–H groups in total. The Labute approximate surface area is 270 Å². The maximum atomic E-state index is 13.1. The Kier molecular flexibility index (Phi) is 13.8. The van der Waals surface area contributed by atoms with Gasteiger partial charge in [0.2, 0.25) is 5.91 Å². The molecule has 12 heteroatoms. The molecule has 1 aliphatic carbocycles. The van der Waals surface area contributed by atoms with E-state index < -0.39 is 29.9 Å². The molecule has 3 fully saturated rings. The van der Waals surface area contributed by atoms with Gasteiger partial charge in [-0.1, -0.05) is 60.9 Å². The van der Waals surface area contributed by atoms with Crippen molar-refractivity contribution in [1.29, 1.82) is 0 Å². The van der Waals surface area contributed by atoms with Crippen LogP contribution in [0.25, 0.3) is 0 Å². The highest BCUT2D eigenvalue weighted by Crippen LogP contribution is 2.59. The van der Waals surface area contributed by atoms with Crippen LogP contribution >= 0.6 is 22.6 Å². The van der Waals surface area contributed by atoms with Crippen molar-refractivity contribution in [3.63, 3.8) is 0 Å². The second-order valence-corrected chi connectivity index (χ2v) is 13.5. The first-order chi connectivity index (χ1) is 20.5. The van der Waals surface area contributed by atoms with Crippen LogP contribution in [-0.4, -0.2) is 91.5 Å². The maximum absolute atomic E-state index is 13.1. The number of rotatable bonds is 17. The fourth-order valence-electron chi connectivity index (χ4n) is 6.08. The highest BCUT2D eigenvalue weighted by Gasteiger charge is 2.72. The molecule has 2 aliphatic heterocycles. The molecule has 0 aromatic rings. The van der Waals surface area contributed by atoms with Gasteiger partial charge < -0.3 is 39.6 Å². The van der Waals surface area contributed by atoms with E-state index in [1.165, 1.54) is 5.57 Å². The first kappa shape index (κ1) is 35.8. The summed E-state index contributed by atoms with van der Waals surface area (Å²) in [5, 5.41) is 8.51. The van der Waals surface area contributed by atoms with Crippen molar-refractivity contribution < 1.29 is 38.1 Å². The number of allylic oxidation sites excluding steroid dienone is 1. The molecule has 0 aromatic heterocycles. The molecule has 3 aliphatic rings. The molecule has 1 saturated carbocycles. The third kappa shape index (κ3) is 10.5. The number of alkyl halides is 1. The lowest BCUT2D eigenvalue weighted by Gasteiger charge is -2.42. The van der Waals surface area contributed by atoms with E-state index in [-0.39, 0.29) is 42.2 Å². The van der Waals surface area contributed by atoms with Gasteiger partial charge in [0.1, 0.15) is 30.0 Å². The number of carbonyl (C=O) groups is 3. The maximum Gasteiger partial charge on any atom is 0.407 e. The predicted molar refractivity (Wildman–Crippen MR) is 171 cm³/mol. The van der Waals surface area contributed by atoms with Crippen molar-refractivity contribution in [3.8, 4) is 0 Å². The van der Waals surface area contributed by atoms with E-state index >= 15 is 0 Å². The van der Waals surface area contributed by atoms with Gasteiger partial charge in [-0.3, -0.25) is 4.79 Å². The number of ether oxygens (including phenoxy) is 5. The van der Waals surface area contributed by atoms with Gasteiger partial charge in [-0.05, 0) is 58.8 Å². The van der Waals surface area contributed by atoms with Gasteiger partial charge in [0.05, 0.1) is 29.1 Å². The second-order valence-electron chi connectivity index (χ2n) is 12.7. The number of amides is 3. The highest BCUT2D eigenvalue weighted by molar-refractivity contribution is 14.1. The minimum Gasteiger partial charge on any atom is -0.447 e. The second kappa shape index (κ2) is 16.6. The minimum absolute atomic E-state index is 0.0168. The topological polar surface area (TPSA) is 140 Å². The van der Waals surface area contributed by atoms with Crippen LogP contribution in [0.1, 0.15) is 79.6 Å². The van der Waals surface area contributed by atoms with Gasteiger partial charge in [0, 0.05) is 20.2 Å². The van der Waals surface area contributed by atoms with Crippen LogP contribution in [0.15, 0.2) is 11.6 Å². The number of methoxy groups -OCH3 is 1. The summed E-state index contributed by atoms with van der Waals surface area (Å²) >= 11 is 2.04. The summed E-state index contributed by atoms with van der Waals surface area (Å²) in [6.07, 6.45) is 6.28. The molecule has 3 amide bonds. The summed E-state index contributed by atoms with van der Waals surface area (Å²) in [5.74, 6) is 0.0164. The van der Waals surface area contributed by atoms with Crippen LogP contribution in [0.3, 0.4) is 0 Å². The molecule has 1 spiro atoms. The minimum atomic E-state index is -0.557. The van der Waals surface area contributed by atoms with Gasteiger partial charge in [-0.15, -0.1) is 0 Å². The predicted octanol–water partition coefficient (Wildman–Crippen LogP) is 4.65. The number of alkyl carbamates (subject to hydrolysis) is 2. The normalized spacial score (nSPS) is 29.9. The Morgan fingerprint density at radius 1 is 1.07 bits per heavy atom. The van der Waals surface area contributed by atoms with Gasteiger partial charge in [-0.2, -0.15) is 0 Å². The zero-order valence-electron chi connectivity index (χ0n) is 26.7. The standard InChI is InChI=1S/C31H52IN3O8/c1-20(2)11-12-24-30(5,43-24)27-26(39-6)23(13-14-31(27)19-41-31)42-29(38)35-22(21(3)4)18-40-28(37)34-16-10-8-7-9-15-33-25(36)17-32/h11,21-24,26-27H,7-10,12-19H2,1-6H3,(H,33,36)(H,34,37)(H,35,38)/t22-,23?,24+,26?,27?,30?,31-/m0/s1. The van der Waals surface area contributed by atoms with Gasteiger partial charge in [0.15, 0.2) is 0 Å². The van der Waals surface area contributed by atoms with E-state index in [2.05, 4.69) is 42.8 Å². The fourth-order valence-corrected chi connectivity index (χ4v) is 6.35. The van der Waals surface area contributed by atoms with Gasteiger partial charge >= 0.3 is 12.2 Å². The average Bonchev–Trinajstić information content (AvgIpc) is 3.88. The molecule has 3 rings (SSSR count). The molecular formula is C31H52IN3O8. The molecule has 43 heavy (non-hydrogen) atoms. The Hall–Kier alpha value is -1.64. The number of epoxide rings is 2. The number of unbranched alkanes of at least 4 members (excludes halogenated alkanes) is 3. The van der Waals surface area contributed by atoms with Crippen molar-refractivity contribution in [2.45, 2.75) is 115 Å². The molecule has 7 atom stereocenters. The van der Waals surface area contributed by atoms with E-state index in [9.17, 15) is 14.4 Å². The monoisotopic (exact) mass is 721 g/mol. The molecule has 4 unspecified atom stereocenters. The van der Waals surface area contributed by atoms with Crippen LogP contribution in [0, 0.1) is 11.8 Å². The van der Waals surface area contributed by atoms with Gasteiger partial charge in [0.25, 0.3) is 0 Å². The molecule has 2 saturated heterocycles. The molecule has 2 heterocycles. The Morgan fingerprint density at radius 2 is 1.74 bits per heavy atom. The zero-order chi connectivity index (χ0) is 31.6. The SMILES string of the molecule is COC1C(OC(=O)N[C@@H](COC(=O)NCCCCCCNC(=O)CI)C(C)C)CC[C@]2(CO2)C1C1(C)O[C@@H]1CC=C(C)C. The quantitative estimate of drug-likeness (QED) is 0.0649. The van der Waals surface area contributed by atoms with E-state index in [1.807, 2.05) is 36.4 Å². The number of nitrogens with one attached hydrogen (secondary N) is 3. The lowest BCUT2D eigenvalue weighted by molar-refractivity contribution is -0.118. The summed E-state index contributed by atoms with van der Waals surface area (Å²) in [6.45, 7) is 12.1. The third-order valence-corrected chi connectivity index (χ3v) is 9.51. The molecule has 0 bridgehead atoms. The van der Waals surface area contributed by atoms with E-state index in [1.54, 1.807) is 7.11 Å². The van der Waals surface area contributed by atoms with Crippen molar-refractivity contribution >= 4 is 40.7 Å². The molecule has 0 radical (unpaired) electrons. The lowest BCUT2D eigenvalue weighted by Crippen LogP contribution is -2.56. The Bertz CT molecular complexity index is 971. The van der Waals surface area contributed by atoms with Crippen LogP contribution in [0.2, 0.25) is 0 Å². The van der Waals surface area contributed by atoms with Crippen LogP contribution in [0.4, 0.5) is 9.59 Å². The summed E-state index contributed by atoms with van der Waals surface area (Å²) in [7, 11) is 1.65. The number of carbonyl (C=O) groups excluding carboxylic acids is 3. The summed E-state index contributed by atoms with van der Waals surface area (Å²) in [4.78, 5) is 36.5. The largest absolute Gasteiger partial charge is 0.447 e. The highest BCUT2D eigenvalue weighted by atomic mass is 127. The van der Waals surface area contributed by atoms with Crippen molar-refractivity contribution in [3.05, 3.63) is 11.6 Å². The molecule has 246 valence electrons. The fraction of sp³-hybridized carbons (Fsp3) is 0.839. The molecule has 11 nitrogen and oxygen atoms in total. The lowest BCUT2D eigenvalue weighted by atomic mass is 9.68. The number of halogens is 1. The Morgan fingerprint density at radius 3 is 2.33 bits per heavy atom. The van der Waals surface area contributed by atoms with Gasteiger partial charge in [-0.25, -0.2) is 9.59 Å². The molecular weight excluding hydrogens is 669 g/mol. The number of hydrogen-bond donors (Lipinski definition) is 3. The zero-order valence-corrected chi connectivity index (χ0v) is 28.8. The third-order valence-electron chi connectivity index (χ3n) is 8.81. The Balaban J connectivity index is 1.42. The smallest absolute Gasteiger partial charge is 0.407 e. The van der Waals surface area contributed by atoms with Crippen molar-refractivity contribution in [2.24, 2.45) is 11.8 Å². The van der Waals surface area contributed by atoms with Crippen LogP contribution in [0.5, 0.6) is 0 Å². The molecule has 0 aromatic carbocycles. The first-order valence-corrected chi connectivity index (χ1v) is 17.2. The summed E-state index contributed by atoms with van der Waals surface area (Å²) in [6, 6.07) is -0.410. The van der Waals surface area contributed by atoms with E-state index in [0.717, 1.165) is 38.5 Å². The van der Waals surface area contributed by atoms with Crippen molar-refractivity contribution in [2.75, 3.05) is 37.8 Å². The summed E-state index contributed by atoms with van der Waals surface area (Å²) < 4.78 is 30.0. The summed E-state index contributed by atoms with van der Waals surface area (Å²) in [5.41, 5.74) is 0.553. The van der Waals surface area contributed by atoms with Crippen LogP contribution in [-0.2, 0) is 28.5 Å². The van der Waals surface area contributed by atoms with Crippen LogP contribution < -0.4 is 16.0 Å². The van der Waals surface area contributed by atoms with E-state index in [0.29, 0.717) is 30.5 Å². The number of hydrogen-bond acceptors (Lipinski definition) is 8. The van der Waals surface area contributed by atoms with E-state index in [4.69, 9.17) is 23.7 Å². The average molecular weight is 722 g/mol.